The lowest BCUT2D eigenvalue weighted by Crippen LogP contribution is -2.18. The van der Waals surface area contributed by atoms with E-state index in [1.807, 2.05) is 0 Å². The highest BCUT2D eigenvalue weighted by atomic mass is 14.5. The second-order valence-electron chi connectivity index (χ2n) is 5.11. The Hall–Kier alpha value is -0.820. The fourth-order valence-corrected chi connectivity index (χ4v) is 2.17. The van der Waals surface area contributed by atoms with Crippen LogP contribution in [0.3, 0.4) is 0 Å². The Morgan fingerprint density at radius 2 is 1.62 bits per heavy atom. The van der Waals surface area contributed by atoms with Gasteiger partial charge < -0.3 is 5.73 Å². The summed E-state index contributed by atoms with van der Waals surface area (Å²) in [4.78, 5) is 0. The maximum atomic E-state index is 5.82. The minimum atomic E-state index is 0.632. The number of nitrogens with two attached hydrogens (primary N) is 1. The molecule has 0 saturated heterocycles. The van der Waals surface area contributed by atoms with Gasteiger partial charge in [-0.15, -0.1) is 0 Å². The van der Waals surface area contributed by atoms with Crippen molar-refractivity contribution in [1.29, 1.82) is 0 Å². The predicted octanol–water partition coefficient (Wildman–Crippen LogP) is 3.41. The Kier molecular flexibility index (Phi) is 5.54. The Morgan fingerprint density at radius 1 is 1.06 bits per heavy atom. The first-order chi connectivity index (χ1) is 7.65. The summed E-state index contributed by atoms with van der Waals surface area (Å²) in [7, 11) is 0. The van der Waals surface area contributed by atoms with Gasteiger partial charge in [0.25, 0.3) is 0 Å². The van der Waals surface area contributed by atoms with Gasteiger partial charge in [0.15, 0.2) is 0 Å². The van der Waals surface area contributed by atoms with Crippen LogP contribution in [0, 0.1) is 11.8 Å². The highest BCUT2D eigenvalue weighted by Crippen LogP contribution is 2.17. The molecule has 90 valence electrons. The van der Waals surface area contributed by atoms with Gasteiger partial charge in [-0.25, -0.2) is 0 Å². The molecule has 1 rings (SSSR count). The molecule has 1 aromatic rings. The van der Waals surface area contributed by atoms with Gasteiger partial charge in [0.05, 0.1) is 0 Å². The zero-order valence-corrected chi connectivity index (χ0v) is 10.9. The van der Waals surface area contributed by atoms with Crippen molar-refractivity contribution in [2.24, 2.45) is 17.6 Å². The number of hydrogen-bond donors (Lipinski definition) is 1. The first-order valence-electron chi connectivity index (χ1n) is 6.43. The molecule has 16 heavy (non-hydrogen) atoms. The standard InChI is InChI=1S/C15H25N/c1-4-13-5-7-14(8-6-13)10-15(11-16)9-12(2)3/h5-8,12,15H,4,9-11,16H2,1-3H3. The van der Waals surface area contributed by atoms with Crippen LogP contribution in [0.2, 0.25) is 0 Å². The number of benzene rings is 1. The van der Waals surface area contributed by atoms with Crippen LogP contribution in [0.1, 0.15) is 38.3 Å². The molecule has 2 N–H and O–H groups in total. The summed E-state index contributed by atoms with van der Waals surface area (Å²) in [5.41, 5.74) is 8.66. The number of hydrogen-bond acceptors (Lipinski definition) is 1. The molecule has 1 atom stereocenters. The molecule has 0 amide bonds. The topological polar surface area (TPSA) is 26.0 Å². The van der Waals surface area contributed by atoms with Crippen molar-refractivity contribution in [3.8, 4) is 0 Å². The zero-order chi connectivity index (χ0) is 12.0. The van der Waals surface area contributed by atoms with Crippen molar-refractivity contribution in [1.82, 2.24) is 0 Å². The lowest BCUT2D eigenvalue weighted by atomic mass is 9.91. The van der Waals surface area contributed by atoms with E-state index in [0.29, 0.717) is 5.92 Å². The van der Waals surface area contributed by atoms with Crippen LogP contribution >= 0.6 is 0 Å². The highest BCUT2D eigenvalue weighted by Gasteiger charge is 2.09. The summed E-state index contributed by atoms with van der Waals surface area (Å²) in [6.45, 7) is 7.52. The van der Waals surface area contributed by atoms with Crippen molar-refractivity contribution < 1.29 is 0 Å². The van der Waals surface area contributed by atoms with E-state index in [9.17, 15) is 0 Å². The highest BCUT2D eigenvalue weighted by molar-refractivity contribution is 5.22. The van der Waals surface area contributed by atoms with E-state index < -0.39 is 0 Å². The Bertz CT molecular complexity index is 287. The first-order valence-corrected chi connectivity index (χ1v) is 6.43. The molecule has 0 radical (unpaired) electrons. The Balaban J connectivity index is 2.56. The van der Waals surface area contributed by atoms with E-state index in [1.54, 1.807) is 0 Å². The summed E-state index contributed by atoms with van der Waals surface area (Å²) in [5.74, 6) is 1.37. The van der Waals surface area contributed by atoms with Crippen LogP contribution in [-0.4, -0.2) is 6.54 Å². The summed E-state index contributed by atoms with van der Waals surface area (Å²) in [6, 6.07) is 8.97. The summed E-state index contributed by atoms with van der Waals surface area (Å²) in [6.07, 6.45) is 3.47. The average Bonchev–Trinajstić information content (AvgIpc) is 2.28. The summed E-state index contributed by atoms with van der Waals surface area (Å²) >= 11 is 0. The van der Waals surface area contributed by atoms with E-state index in [4.69, 9.17) is 5.73 Å². The van der Waals surface area contributed by atoms with E-state index in [1.165, 1.54) is 17.5 Å². The number of rotatable bonds is 6. The van der Waals surface area contributed by atoms with Crippen LogP contribution in [0.5, 0.6) is 0 Å². The van der Waals surface area contributed by atoms with Crippen LogP contribution in [0.25, 0.3) is 0 Å². The van der Waals surface area contributed by atoms with E-state index in [2.05, 4.69) is 45.0 Å². The third-order valence-electron chi connectivity index (χ3n) is 3.09. The Morgan fingerprint density at radius 3 is 2.06 bits per heavy atom. The quantitative estimate of drug-likeness (QED) is 0.779. The van der Waals surface area contributed by atoms with Gasteiger partial charge in [-0.3, -0.25) is 0 Å². The van der Waals surface area contributed by atoms with Gasteiger partial charge in [-0.1, -0.05) is 45.0 Å². The van der Waals surface area contributed by atoms with Crippen LogP contribution < -0.4 is 5.73 Å². The van der Waals surface area contributed by atoms with Gasteiger partial charge in [0.2, 0.25) is 0 Å². The SMILES string of the molecule is CCc1ccc(CC(CN)CC(C)C)cc1. The molecule has 0 spiro atoms. The molecule has 0 bridgehead atoms. The first kappa shape index (κ1) is 13.2. The Labute approximate surface area is 100 Å². The average molecular weight is 219 g/mol. The monoisotopic (exact) mass is 219 g/mol. The molecule has 1 nitrogen and oxygen atoms in total. The third-order valence-corrected chi connectivity index (χ3v) is 3.09. The molecule has 0 fully saturated rings. The van der Waals surface area contributed by atoms with Gasteiger partial charge in [0, 0.05) is 0 Å². The molecule has 1 heteroatoms. The fraction of sp³-hybridized carbons (Fsp3) is 0.600. The molecule has 0 aliphatic rings. The lowest BCUT2D eigenvalue weighted by molar-refractivity contribution is 0.415. The smallest absolute Gasteiger partial charge is 0.00456 e. The fourth-order valence-electron chi connectivity index (χ4n) is 2.17. The van der Waals surface area contributed by atoms with Crippen molar-refractivity contribution in [2.75, 3.05) is 6.54 Å². The molecule has 0 aromatic heterocycles. The molecule has 0 heterocycles. The van der Waals surface area contributed by atoms with Gasteiger partial charge in [0.1, 0.15) is 0 Å². The van der Waals surface area contributed by atoms with Crippen molar-refractivity contribution in [3.63, 3.8) is 0 Å². The van der Waals surface area contributed by atoms with E-state index in [0.717, 1.165) is 25.3 Å². The van der Waals surface area contributed by atoms with Crippen molar-refractivity contribution in [3.05, 3.63) is 35.4 Å². The number of aryl methyl sites for hydroxylation is 1. The maximum absolute atomic E-state index is 5.82. The van der Waals surface area contributed by atoms with E-state index >= 15 is 0 Å². The van der Waals surface area contributed by atoms with Gasteiger partial charge in [-0.05, 0) is 48.8 Å². The predicted molar refractivity (Wildman–Crippen MR) is 71.5 cm³/mol. The molecule has 0 saturated carbocycles. The van der Waals surface area contributed by atoms with Crippen LogP contribution in [0.15, 0.2) is 24.3 Å². The molecule has 1 unspecified atom stereocenters. The third kappa shape index (κ3) is 4.36. The van der Waals surface area contributed by atoms with Crippen molar-refractivity contribution >= 4 is 0 Å². The van der Waals surface area contributed by atoms with Gasteiger partial charge >= 0.3 is 0 Å². The normalized spacial score (nSPS) is 13.1. The second kappa shape index (κ2) is 6.70. The van der Waals surface area contributed by atoms with Gasteiger partial charge in [-0.2, -0.15) is 0 Å². The molecule has 0 aliphatic heterocycles. The second-order valence-corrected chi connectivity index (χ2v) is 5.11. The largest absolute Gasteiger partial charge is 0.330 e. The maximum Gasteiger partial charge on any atom is -0.00456 e. The lowest BCUT2D eigenvalue weighted by Gasteiger charge is -2.17. The van der Waals surface area contributed by atoms with Crippen LogP contribution in [-0.2, 0) is 12.8 Å². The molecular weight excluding hydrogens is 194 g/mol. The minimum Gasteiger partial charge on any atom is -0.330 e. The van der Waals surface area contributed by atoms with Crippen LogP contribution in [0.4, 0.5) is 0 Å². The summed E-state index contributed by atoms with van der Waals surface area (Å²) < 4.78 is 0. The summed E-state index contributed by atoms with van der Waals surface area (Å²) in [5, 5.41) is 0. The molecular formula is C15H25N. The minimum absolute atomic E-state index is 0.632. The zero-order valence-electron chi connectivity index (χ0n) is 10.9. The molecule has 1 aromatic carbocycles. The van der Waals surface area contributed by atoms with E-state index in [-0.39, 0.29) is 0 Å². The molecule has 0 aliphatic carbocycles. The van der Waals surface area contributed by atoms with Crippen molar-refractivity contribution in [2.45, 2.75) is 40.0 Å².